The fourth-order valence-corrected chi connectivity index (χ4v) is 1.75. The molecule has 0 amide bonds. The maximum atomic E-state index is 5.67. The number of rotatable bonds is 7. The van der Waals surface area contributed by atoms with E-state index < -0.39 is 0 Å². The minimum Gasteiger partial charge on any atom is -0.493 e. The van der Waals surface area contributed by atoms with Crippen molar-refractivity contribution in [3.63, 3.8) is 0 Å². The van der Waals surface area contributed by atoms with E-state index in [0.717, 1.165) is 6.61 Å². The molecule has 6 nitrogen and oxygen atoms in total. The molecule has 1 aromatic rings. The average molecular weight is 270 g/mol. The first kappa shape index (κ1) is 13.6. The molecule has 1 aliphatic heterocycles. The van der Waals surface area contributed by atoms with Gasteiger partial charge in [0.05, 0.1) is 35.0 Å². The second-order valence-corrected chi connectivity index (χ2v) is 3.94. The number of hydrogen-bond acceptors (Lipinski definition) is 6. The van der Waals surface area contributed by atoms with Gasteiger partial charge in [0.1, 0.15) is 12.7 Å². The van der Waals surface area contributed by atoms with Crippen molar-refractivity contribution in [3.8, 4) is 28.7 Å². The van der Waals surface area contributed by atoms with E-state index in [9.17, 15) is 0 Å². The van der Waals surface area contributed by atoms with Gasteiger partial charge in [0.25, 0.3) is 0 Å². The Morgan fingerprint density at radius 2 is 1.53 bits per heavy atom. The van der Waals surface area contributed by atoms with Gasteiger partial charge in [-0.2, -0.15) is 0 Å². The van der Waals surface area contributed by atoms with Crippen molar-refractivity contribution in [2.45, 2.75) is 6.10 Å². The van der Waals surface area contributed by atoms with Gasteiger partial charge in [-0.3, -0.25) is 0 Å². The standard InChI is InChI=1S/C13H18O6/c1-14-9-5-10(19-7-8-6-18-8)12(16-3)13(17-4)11(9)15-2/h5,8H,6-7H2,1-4H3. The minimum atomic E-state index is 0.156. The summed E-state index contributed by atoms with van der Waals surface area (Å²) >= 11 is 0. The lowest BCUT2D eigenvalue weighted by atomic mass is 10.2. The highest BCUT2D eigenvalue weighted by atomic mass is 16.6. The lowest BCUT2D eigenvalue weighted by Gasteiger charge is -2.18. The number of hydrogen-bond donors (Lipinski definition) is 0. The lowest BCUT2D eigenvalue weighted by molar-refractivity contribution is 0.242. The molecule has 1 unspecified atom stereocenters. The summed E-state index contributed by atoms with van der Waals surface area (Å²) in [5, 5.41) is 0. The Morgan fingerprint density at radius 1 is 0.947 bits per heavy atom. The molecular formula is C13H18O6. The van der Waals surface area contributed by atoms with Crippen LogP contribution in [-0.2, 0) is 4.74 Å². The van der Waals surface area contributed by atoms with Crippen molar-refractivity contribution in [2.75, 3.05) is 41.7 Å². The second kappa shape index (κ2) is 5.88. The van der Waals surface area contributed by atoms with Gasteiger partial charge in [0, 0.05) is 6.07 Å². The Labute approximate surface area is 112 Å². The summed E-state index contributed by atoms with van der Waals surface area (Å²) in [5.41, 5.74) is 0. The van der Waals surface area contributed by atoms with E-state index in [1.807, 2.05) is 0 Å². The predicted molar refractivity (Wildman–Crippen MR) is 67.9 cm³/mol. The first-order valence-electron chi connectivity index (χ1n) is 5.86. The molecule has 0 bridgehead atoms. The minimum absolute atomic E-state index is 0.156. The first-order chi connectivity index (χ1) is 9.24. The van der Waals surface area contributed by atoms with Gasteiger partial charge in [-0.15, -0.1) is 0 Å². The Kier molecular flexibility index (Phi) is 4.21. The highest BCUT2D eigenvalue weighted by Gasteiger charge is 2.26. The van der Waals surface area contributed by atoms with Gasteiger partial charge in [-0.05, 0) is 0 Å². The molecule has 0 radical (unpaired) electrons. The zero-order valence-corrected chi connectivity index (χ0v) is 11.5. The Balaban J connectivity index is 2.38. The summed E-state index contributed by atoms with van der Waals surface area (Å²) in [7, 11) is 6.17. The van der Waals surface area contributed by atoms with Crippen LogP contribution in [0.25, 0.3) is 0 Å². The Hall–Kier alpha value is -1.82. The van der Waals surface area contributed by atoms with Crippen LogP contribution in [0.15, 0.2) is 6.07 Å². The van der Waals surface area contributed by atoms with E-state index >= 15 is 0 Å². The molecule has 1 aromatic carbocycles. The summed E-state index contributed by atoms with van der Waals surface area (Å²) < 4.78 is 32.0. The SMILES string of the molecule is COc1cc(OCC2CO2)c(OC)c(OC)c1OC. The molecule has 0 aromatic heterocycles. The number of benzene rings is 1. The van der Waals surface area contributed by atoms with Crippen LogP contribution >= 0.6 is 0 Å². The van der Waals surface area contributed by atoms with Gasteiger partial charge in [-0.1, -0.05) is 0 Å². The van der Waals surface area contributed by atoms with Gasteiger partial charge in [-0.25, -0.2) is 0 Å². The largest absolute Gasteiger partial charge is 0.493 e. The molecule has 1 fully saturated rings. The molecule has 0 aliphatic carbocycles. The molecule has 6 heteroatoms. The molecule has 1 atom stereocenters. The summed E-state index contributed by atoms with van der Waals surface area (Å²) in [5.74, 6) is 2.44. The van der Waals surface area contributed by atoms with Gasteiger partial charge in [0.15, 0.2) is 11.5 Å². The smallest absolute Gasteiger partial charge is 0.211 e. The second-order valence-electron chi connectivity index (χ2n) is 3.94. The van der Waals surface area contributed by atoms with Crippen molar-refractivity contribution < 1.29 is 28.4 Å². The highest BCUT2D eigenvalue weighted by Crippen LogP contribution is 2.50. The van der Waals surface area contributed by atoms with Crippen LogP contribution in [0, 0.1) is 0 Å². The Bertz CT molecular complexity index is 441. The topological polar surface area (TPSA) is 58.7 Å². The van der Waals surface area contributed by atoms with Crippen LogP contribution in [-0.4, -0.2) is 47.8 Å². The van der Waals surface area contributed by atoms with E-state index in [2.05, 4.69) is 0 Å². The van der Waals surface area contributed by atoms with Gasteiger partial charge >= 0.3 is 0 Å². The van der Waals surface area contributed by atoms with Crippen molar-refractivity contribution in [1.82, 2.24) is 0 Å². The zero-order chi connectivity index (χ0) is 13.8. The lowest BCUT2D eigenvalue weighted by Crippen LogP contribution is -2.07. The molecule has 1 heterocycles. The summed E-state index contributed by atoms with van der Waals surface area (Å²) in [4.78, 5) is 0. The summed E-state index contributed by atoms with van der Waals surface area (Å²) in [6.45, 7) is 1.20. The van der Waals surface area contributed by atoms with Crippen LogP contribution in [0.4, 0.5) is 0 Å². The van der Waals surface area contributed by atoms with Gasteiger partial charge < -0.3 is 28.4 Å². The van der Waals surface area contributed by atoms with E-state index in [-0.39, 0.29) is 6.10 Å². The molecule has 1 aliphatic rings. The third-order valence-electron chi connectivity index (χ3n) is 2.78. The van der Waals surface area contributed by atoms with E-state index in [1.54, 1.807) is 27.4 Å². The van der Waals surface area contributed by atoms with Crippen LogP contribution in [0.2, 0.25) is 0 Å². The quantitative estimate of drug-likeness (QED) is 0.700. The maximum Gasteiger partial charge on any atom is 0.211 e. The van der Waals surface area contributed by atoms with Crippen LogP contribution in [0.5, 0.6) is 28.7 Å². The maximum absolute atomic E-state index is 5.67. The summed E-state index contributed by atoms with van der Waals surface area (Å²) in [6.07, 6.45) is 0.156. The molecule has 0 saturated carbocycles. The van der Waals surface area contributed by atoms with Gasteiger partial charge in [0.2, 0.25) is 17.2 Å². The first-order valence-corrected chi connectivity index (χ1v) is 5.86. The Morgan fingerprint density at radius 3 is 2.00 bits per heavy atom. The van der Waals surface area contributed by atoms with E-state index in [1.165, 1.54) is 7.11 Å². The molecule has 19 heavy (non-hydrogen) atoms. The van der Waals surface area contributed by atoms with Crippen LogP contribution in [0.1, 0.15) is 0 Å². The predicted octanol–water partition coefficient (Wildman–Crippen LogP) is 1.50. The van der Waals surface area contributed by atoms with Crippen molar-refractivity contribution in [2.24, 2.45) is 0 Å². The zero-order valence-electron chi connectivity index (χ0n) is 11.5. The fourth-order valence-electron chi connectivity index (χ4n) is 1.75. The molecular weight excluding hydrogens is 252 g/mol. The van der Waals surface area contributed by atoms with Crippen molar-refractivity contribution in [1.29, 1.82) is 0 Å². The third-order valence-corrected chi connectivity index (χ3v) is 2.78. The highest BCUT2D eigenvalue weighted by molar-refractivity contribution is 5.65. The van der Waals surface area contributed by atoms with E-state index in [4.69, 9.17) is 28.4 Å². The third kappa shape index (κ3) is 2.78. The van der Waals surface area contributed by atoms with Crippen LogP contribution in [0.3, 0.4) is 0 Å². The normalized spacial score (nSPS) is 16.7. The van der Waals surface area contributed by atoms with Crippen molar-refractivity contribution in [3.05, 3.63) is 6.07 Å². The number of ether oxygens (including phenoxy) is 6. The number of methoxy groups -OCH3 is 4. The molecule has 2 rings (SSSR count). The monoisotopic (exact) mass is 270 g/mol. The van der Waals surface area contributed by atoms with Crippen molar-refractivity contribution >= 4 is 0 Å². The molecule has 106 valence electrons. The molecule has 0 N–H and O–H groups in total. The molecule has 0 spiro atoms. The summed E-state index contributed by atoms with van der Waals surface area (Å²) in [6, 6.07) is 1.71. The van der Waals surface area contributed by atoms with E-state index in [0.29, 0.717) is 35.4 Å². The average Bonchev–Trinajstić information content (AvgIpc) is 3.26. The fraction of sp³-hybridized carbons (Fsp3) is 0.538. The molecule has 1 saturated heterocycles. The number of epoxide rings is 1. The van der Waals surface area contributed by atoms with Crippen LogP contribution < -0.4 is 23.7 Å².